The van der Waals surface area contributed by atoms with Gasteiger partial charge in [-0.2, -0.15) is 18.4 Å². The van der Waals surface area contributed by atoms with Crippen LogP contribution in [0.2, 0.25) is 0 Å². The fourth-order valence-corrected chi connectivity index (χ4v) is 2.76. The number of hydrogen-bond donors (Lipinski definition) is 1. The number of hydrogen-bond acceptors (Lipinski definition) is 2. The Morgan fingerprint density at radius 3 is 2.40 bits per heavy atom. The van der Waals surface area contributed by atoms with E-state index in [-0.39, 0.29) is 11.1 Å². The van der Waals surface area contributed by atoms with Crippen LogP contribution in [0.1, 0.15) is 50.2 Å². The molecule has 108 valence electrons. The second-order valence-electron chi connectivity index (χ2n) is 5.62. The molecule has 0 radical (unpaired) electrons. The number of nitrogens with zero attached hydrogens (tertiary/aromatic N) is 1. The Hall–Kier alpha value is -1.70. The van der Waals surface area contributed by atoms with E-state index >= 15 is 0 Å². The van der Waals surface area contributed by atoms with Crippen LogP contribution in [-0.4, -0.2) is 5.54 Å². The quantitative estimate of drug-likeness (QED) is 0.852. The Morgan fingerprint density at radius 2 is 1.85 bits per heavy atom. The summed E-state index contributed by atoms with van der Waals surface area (Å²) in [6, 6.07) is 5.42. The third-order valence-electron chi connectivity index (χ3n) is 3.85. The van der Waals surface area contributed by atoms with Gasteiger partial charge < -0.3 is 5.32 Å². The van der Waals surface area contributed by atoms with Crippen LogP contribution in [0.15, 0.2) is 18.2 Å². The molecule has 0 aromatic heterocycles. The zero-order chi connectivity index (χ0) is 14.8. The van der Waals surface area contributed by atoms with Crippen LogP contribution in [0.3, 0.4) is 0 Å². The summed E-state index contributed by atoms with van der Waals surface area (Å²) in [6.45, 7) is 2.04. The number of nitriles is 1. The van der Waals surface area contributed by atoms with Crippen molar-refractivity contribution in [2.75, 3.05) is 5.32 Å². The number of nitrogens with one attached hydrogen (secondary N) is 1. The first kappa shape index (κ1) is 14.7. The summed E-state index contributed by atoms with van der Waals surface area (Å²) < 4.78 is 38.7. The molecule has 1 aromatic rings. The monoisotopic (exact) mass is 282 g/mol. The lowest BCUT2D eigenvalue weighted by Crippen LogP contribution is -2.36. The fourth-order valence-electron chi connectivity index (χ4n) is 2.76. The molecule has 2 nitrogen and oxygen atoms in total. The van der Waals surface area contributed by atoms with E-state index in [9.17, 15) is 13.2 Å². The molecule has 5 heteroatoms. The van der Waals surface area contributed by atoms with Gasteiger partial charge in [0, 0.05) is 11.2 Å². The number of rotatable bonds is 2. The lowest BCUT2D eigenvalue weighted by Gasteiger charge is -2.35. The Labute approximate surface area is 116 Å². The van der Waals surface area contributed by atoms with Crippen LogP contribution in [0, 0.1) is 11.3 Å². The molecule has 20 heavy (non-hydrogen) atoms. The second-order valence-corrected chi connectivity index (χ2v) is 5.62. The van der Waals surface area contributed by atoms with Gasteiger partial charge in [0.2, 0.25) is 0 Å². The first-order valence-corrected chi connectivity index (χ1v) is 6.74. The van der Waals surface area contributed by atoms with Crippen molar-refractivity contribution in [1.29, 1.82) is 5.26 Å². The largest absolute Gasteiger partial charge is 0.417 e. The first-order valence-electron chi connectivity index (χ1n) is 6.74. The standard InChI is InChI=1S/C15H17F3N2/c1-14(7-3-2-4-8-14)20-12-6-5-11(10-19)13(9-12)15(16,17)18/h5-6,9,20H,2-4,7-8H2,1H3. The average Bonchev–Trinajstić information content (AvgIpc) is 2.38. The van der Waals surface area contributed by atoms with Crippen molar-refractivity contribution in [2.24, 2.45) is 0 Å². The molecular weight excluding hydrogens is 265 g/mol. The maximum absolute atomic E-state index is 12.9. The maximum Gasteiger partial charge on any atom is 0.417 e. The summed E-state index contributed by atoms with van der Waals surface area (Å²) in [4.78, 5) is 0. The SMILES string of the molecule is CC1(Nc2ccc(C#N)c(C(F)(F)F)c2)CCCCC1. The highest BCUT2D eigenvalue weighted by molar-refractivity contribution is 5.54. The van der Waals surface area contributed by atoms with Gasteiger partial charge in [0.25, 0.3) is 0 Å². The highest BCUT2D eigenvalue weighted by Gasteiger charge is 2.34. The summed E-state index contributed by atoms with van der Waals surface area (Å²) in [5.74, 6) is 0. The van der Waals surface area contributed by atoms with Crippen molar-refractivity contribution in [3.05, 3.63) is 29.3 Å². The van der Waals surface area contributed by atoms with Gasteiger partial charge in [0.1, 0.15) is 0 Å². The average molecular weight is 282 g/mol. The lowest BCUT2D eigenvalue weighted by atomic mass is 9.83. The van der Waals surface area contributed by atoms with E-state index in [1.165, 1.54) is 12.5 Å². The van der Waals surface area contributed by atoms with Gasteiger partial charge in [-0.05, 0) is 38.0 Å². The zero-order valence-corrected chi connectivity index (χ0v) is 11.3. The number of anilines is 1. The Morgan fingerprint density at radius 1 is 1.20 bits per heavy atom. The van der Waals surface area contributed by atoms with Crippen molar-refractivity contribution in [1.82, 2.24) is 0 Å². The van der Waals surface area contributed by atoms with Gasteiger partial charge in [0.05, 0.1) is 17.2 Å². The summed E-state index contributed by atoms with van der Waals surface area (Å²) in [5.41, 5.74) is -0.933. The van der Waals surface area contributed by atoms with Gasteiger partial charge in [-0.1, -0.05) is 19.3 Å². The van der Waals surface area contributed by atoms with E-state index in [2.05, 4.69) is 5.32 Å². The van der Waals surface area contributed by atoms with Crippen LogP contribution in [-0.2, 0) is 6.18 Å². The molecule has 0 bridgehead atoms. The van der Waals surface area contributed by atoms with Crippen molar-refractivity contribution in [2.45, 2.75) is 50.7 Å². The van der Waals surface area contributed by atoms with Crippen LogP contribution in [0.4, 0.5) is 18.9 Å². The molecule has 0 saturated heterocycles. The van der Waals surface area contributed by atoms with Gasteiger partial charge >= 0.3 is 6.18 Å². The third kappa shape index (κ3) is 3.24. The summed E-state index contributed by atoms with van der Waals surface area (Å²) in [5, 5.41) is 12.0. The normalized spacial score (nSPS) is 18.4. The van der Waals surface area contributed by atoms with E-state index < -0.39 is 11.7 Å². The van der Waals surface area contributed by atoms with Crippen LogP contribution < -0.4 is 5.32 Å². The van der Waals surface area contributed by atoms with Gasteiger partial charge in [-0.15, -0.1) is 0 Å². The summed E-state index contributed by atoms with van der Waals surface area (Å²) in [6.07, 6.45) is 0.759. The fraction of sp³-hybridized carbons (Fsp3) is 0.533. The van der Waals surface area contributed by atoms with E-state index in [1.54, 1.807) is 12.1 Å². The Balaban J connectivity index is 2.28. The highest BCUT2D eigenvalue weighted by Crippen LogP contribution is 2.36. The minimum absolute atomic E-state index is 0.157. The molecule has 1 aliphatic carbocycles. The lowest BCUT2D eigenvalue weighted by molar-refractivity contribution is -0.137. The van der Waals surface area contributed by atoms with Crippen molar-refractivity contribution >= 4 is 5.69 Å². The van der Waals surface area contributed by atoms with E-state index in [0.29, 0.717) is 5.69 Å². The van der Waals surface area contributed by atoms with Crippen molar-refractivity contribution < 1.29 is 13.2 Å². The molecule has 1 fully saturated rings. The molecule has 0 heterocycles. The van der Waals surface area contributed by atoms with Crippen LogP contribution in [0.5, 0.6) is 0 Å². The van der Waals surface area contributed by atoms with E-state index in [4.69, 9.17) is 5.26 Å². The van der Waals surface area contributed by atoms with Crippen LogP contribution >= 0.6 is 0 Å². The third-order valence-corrected chi connectivity index (χ3v) is 3.85. The van der Waals surface area contributed by atoms with E-state index in [1.807, 2.05) is 6.92 Å². The Kier molecular flexibility index (Phi) is 3.94. The first-order chi connectivity index (χ1) is 9.34. The molecule has 1 N–H and O–H groups in total. The van der Waals surface area contributed by atoms with Gasteiger partial charge in [-0.3, -0.25) is 0 Å². The predicted octanol–water partition coefficient (Wildman–Crippen LogP) is 4.71. The smallest absolute Gasteiger partial charge is 0.380 e. The number of benzene rings is 1. The number of halogens is 3. The van der Waals surface area contributed by atoms with Crippen LogP contribution in [0.25, 0.3) is 0 Å². The minimum Gasteiger partial charge on any atom is -0.380 e. The molecule has 0 amide bonds. The van der Waals surface area contributed by atoms with Gasteiger partial charge in [0.15, 0.2) is 0 Å². The zero-order valence-electron chi connectivity index (χ0n) is 11.3. The van der Waals surface area contributed by atoms with E-state index in [0.717, 1.165) is 31.7 Å². The Bertz CT molecular complexity index is 523. The summed E-state index contributed by atoms with van der Waals surface area (Å²) in [7, 11) is 0. The molecule has 1 aromatic carbocycles. The van der Waals surface area contributed by atoms with Crippen molar-refractivity contribution in [3.8, 4) is 6.07 Å². The molecular formula is C15H17F3N2. The molecule has 0 atom stereocenters. The predicted molar refractivity (Wildman–Crippen MR) is 71.3 cm³/mol. The minimum atomic E-state index is -4.50. The second kappa shape index (κ2) is 5.35. The highest BCUT2D eigenvalue weighted by atomic mass is 19.4. The maximum atomic E-state index is 12.9. The molecule has 0 spiro atoms. The molecule has 1 saturated carbocycles. The molecule has 2 rings (SSSR count). The molecule has 0 aliphatic heterocycles. The molecule has 1 aliphatic rings. The topological polar surface area (TPSA) is 35.8 Å². The summed E-state index contributed by atoms with van der Waals surface area (Å²) >= 11 is 0. The number of alkyl halides is 3. The molecule has 0 unspecified atom stereocenters. The van der Waals surface area contributed by atoms with Crippen molar-refractivity contribution in [3.63, 3.8) is 0 Å². The van der Waals surface area contributed by atoms with Gasteiger partial charge in [-0.25, -0.2) is 0 Å².